The van der Waals surface area contributed by atoms with Gasteiger partial charge in [0.05, 0.1) is 13.2 Å². The summed E-state index contributed by atoms with van der Waals surface area (Å²) in [6.45, 7) is 3.70. The van der Waals surface area contributed by atoms with Crippen LogP contribution in [0.3, 0.4) is 0 Å². The van der Waals surface area contributed by atoms with Gasteiger partial charge in [-0.1, -0.05) is 12.1 Å². The van der Waals surface area contributed by atoms with Gasteiger partial charge >= 0.3 is 0 Å². The van der Waals surface area contributed by atoms with E-state index in [0.29, 0.717) is 0 Å². The second-order valence-electron chi connectivity index (χ2n) is 4.84. The molecule has 1 aromatic rings. The summed E-state index contributed by atoms with van der Waals surface area (Å²) in [4.78, 5) is 6.58. The smallest absolute Gasteiger partial charge is 0.193 e. The highest BCUT2D eigenvalue weighted by atomic mass is 127. The van der Waals surface area contributed by atoms with Gasteiger partial charge in [0.25, 0.3) is 0 Å². The number of aliphatic imine (C=N–C) groups is 1. The Morgan fingerprint density at radius 1 is 1.42 bits per heavy atom. The van der Waals surface area contributed by atoms with Crippen LogP contribution in [0.1, 0.15) is 11.1 Å². The van der Waals surface area contributed by atoms with E-state index in [-0.39, 0.29) is 24.0 Å². The number of hydrogen-bond donors (Lipinski definition) is 1. The fraction of sp³-hybridized carbons (Fsp3) is 0.500. The first-order valence-corrected chi connectivity index (χ1v) is 6.57. The Morgan fingerprint density at radius 3 is 3.11 bits per heavy atom. The maximum atomic E-state index is 5.51. The topological polar surface area (TPSA) is 36.9 Å². The van der Waals surface area contributed by atoms with Crippen molar-refractivity contribution in [2.45, 2.75) is 12.8 Å². The molecule has 0 fully saturated rings. The molecule has 19 heavy (non-hydrogen) atoms. The quantitative estimate of drug-likeness (QED) is 0.820. The lowest BCUT2D eigenvalue weighted by molar-refractivity contribution is 0.357. The van der Waals surface area contributed by atoms with Crippen molar-refractivity contribution in [3.8, 4) is 5.75 Å². The van der Waals surface area contributed by atoms with Gasteiger partial charge in [0, 0.05) is 26.6 Å². The van der Waals surface area contributed by atoms with Crippen molar-refractivity contribution in [2.75, 3.05) is 33.3 Å². The molecule has 3 rings (SSSR count). The molecule has 0 radical (unpaired) electrons. The molecule has 0 bridgehead atoms. The number of nitrogens with one attached hydrogen (secondary N) is 1. The molecule has 0 saturated carbocycles. The fourth-order valence-electron chi connectivity index (χ4n) is 2.44. The van der Waals surface area contributed by atoms with Crippen LogP contribution in [-0.2, 0) is 12.8 Å². The van der Waals surface area contributed by atoms with Crippen LogP contribution in [0.5, 0.6) is 5.75 Å². The molecule has 5 heteroatoms. The third kappa shape index (κ3) is 3.32. The molecule has 0 spiro atoms. The maximum absolute atomic E-state index is 5.51. The predicted molar refractivity (Wildman–Crippen MR) is 87.7 cm³/mol. The molecule has 2 aliphatic rings. The van der Waals surface area contributed by atoms with Crippen molar-refractivity contribution in [1.82, 2.24) is 10.2 Å². The minimum Gasteiger partial charge on any atom is -0.493 e. The zero-order valence-corrected chi connectivity index (χ0v) is 13.5. The monoisotopic (exact) mass is 373 g/mol. The molecule has 2 heterocycles. The van der Waals surface area contributed by atoms with Crippen LogP contribution < -0.4 is 10.1 Å². The summed E-state index contributed by atoms with van der Waals surface area (Å²) >= 11 is 0. The average molecular weight is 373 g/mol. The Kier molecular flexibility index (Phi) is 4.90. The van der Waals surface area contributed by atoms with Gasteiger partial charge in [0.2, 0.25) is 0 Å². The molecule has 104 valence electrons. The Labute approximate surface area is 131 Å². The summed E-state index contributed by atoms with van der Waals surface area (Å²) in [5, 5.41) is 3.39. The number of likely N-dealkylation sites (N-methyl/N-ethyl adjacent to an activating group) is 1. The van der Waals surface area contributed by atoms with Crippen LogP contribution in [0.25, 0.3) is 0 Å². The number of hydrogen-bond acceptors (Lipinski definition) is 4. The molecular formula is C14H20IN3O. The van der Waals surface area contributed by atoms with E-state index in [1.807, 2.05) is 0 Å². The molecule has 0 unspecified atom stereocenters. The van der Waals surface area contributed by atoms with Crippen molar-refractivity contribution in [3.05, 3.63) is 29.3 Å². The van der Waals surface area contributed by atoms with Crippen LogP contribution in [-0.4, -0.2) is 44.1 Å². The Hall–Kier alpha value is -0.980. The maximum Gasteiger partial charge on any atom is 0.193 e. The minimum absolute atomic E-state index is 0. The molecule has 1 N–H and O–H groups in total. The first-order valence-electron chi connectivity index (χ1n) is 6.57. The van der Waals surface area contributed by atoms with E-state index < -0.39 is 0 Å². The largest absolute Gasteiger partial charge is 0.493 e. The van der Waals surface area contributed by atoms with E-state index in [9.17, 15) is 0 Å². The van der Waals surface area contributed by atoms with Gasteiger partial charge in [-0.15, -0.1) is 24.0 Å². The van der Waals surface area contributed by atoms with Crippen molar-refractivity contribution in [2.24, 2.45) is 4.99 Å². The van der Waals surface area contributed by atoms with E-state index >= 15 is 0 Å². The molecule has 0 aromatic heterocycles. The third-order valence-corrected chi connectivity index (χ3v) is 3.51. The first kappa shape index (κ1) is 14.4. The first-order chi connectivity index (χ1) is 8.83. The van der Waals surface area contributed by atoms with Crippen LogP contribution in [0.2, 0.25) is 0 Å². The normalized spacial score (nSPS) is 16.5. The van der Waals surface area contributed by atoms with Crippen LogP contribution in [0.4, 0.5) is 0 Å². The molecule has 1 aromatic carbocycles. The molecule has 0 aliphatic carbocycles. The van der Waals surface area contributed by atoms with Gasteiger partial charge < -0.3 is 15.0 Å². The zero-order valence-electron chi connectivity index (χ0n) is 11.2. The Bertz CT molecular complexity index is 476. The minimum atomic E-state index is 0. The highest BCUT2D eigenvalue weighted by Crippen LogP contribution is 2.25. The van der Waals surface area contributed by atoms with Crippen molar-refractivity contribution in [3.63, 3.8) is 0 Å². The standard InChI is InChI=1S/C14H19N3O.HI/c1-17-8-7-16-14(17)15-6-4-11-2-3-13-12(10-11)5-9-18-13;/h2-3,10H,4-9H2,1H3,(H,15,16);1H. The summed E-state index contributed by atoms with van der Waals surface area (Å²) in [7, 11) is 2.07. The highest BCUT2D eigenvalue weighted by molar-refractivity contribution is 14.0. The third-order valence-electron chi connectivity index (χ3n) is 3.51. The second-order valence-corrected chi connectivity index (χ2v) is 4.84. The number of fused-ring (bicyclic) bond motifs is 1. The molecule has 4 nitrogen and oxygen atoms in total. The molecule has 0 amide bonds. The molecule has 0 saturated heterocycles. The van der Waals surface area contributed by atoms with Crippen molar-refractivity contribution >= 4 is 29.9 Å². The Morgan fingerprint density at radius 2 is 2.32 bits per heavy atom. The average Bonchev–Trinajstić information content (AvgIpc) is 2.98. The molecule has 2 aliphatic heterocycles. The number of halogens is 1. The van der Waals surface area contributed by atoms with Gasteiger partial charge in [-0.3, -0.25) is 4.99 Å². The van der Waals surface area contributed by atoms with Crippen molar-refractivity contribution in [1.29, 1.82) is 0 Å². The second kappa shape index (κ2) is 6.45. The number of benzene rings is 1. The van der Waals surface area contributed by atoms with E-state index in [1.54, 1.807) is 0 Å². The van der Waals surface area contributed by atoms with Gasteiger partial charge in [-0.05, 0) is 23.6 Å². The summed E-state index contributed by atoms with van der Waals surface area (Å²) in [6.07, 6.45) is 2.08. The van der Waals surface area contributed by atoms with E-state index in [0.717, 1.165) is 50.8 Å². The van der Waals surface area contributed by atoms with Crippen LogP contribution in [0.15, 0.2) is 23.2 Å². The summed E-state index contributed by atoms with van der Waals surface area (Å²) in [5.74, 6) is 2.09. The van der Waals surface area contributed by atoms with Crippen molar-refractivity contribution < 1.29 is 4.74 Å². The number of rotatable bonds is 3. The number of ether oxygens (including phenoxy) is 1. The van der Waals surface area contributed by atoms with Gasteiger partial charge in [-0.2, -0.15) is 0 Å². The number of guanidine groups is 1. The summed E-state index contributed by atoms with van der Waals surface area (Å²) in [6, 6.07) is 6.52. The van der Waals surface area contributed by atoms with Crippen LogP contribution >= 0.6 is 24.0 Å². The number of nitrogens with zero attached hydrogens (tertiary/aromatic N) is 2. The van der Waals surface area contributed by atoms with Gasteiger partial charge in [0.1, 0.15) is 5.75 Å². The van der Waals surface area contributed by atoms with Gasteiger partial charge in [-0.25, -0.2) is 0 Å². The molecular weight excluding hydrogens is 353 g/mol. The van der Waals surface area contributed by atoms with Crippen LogP contribution in [0, 0.1) is 0 Å². The lowest BCUT2D eigenvalue weighted by Gasteiger charge is -2.15. The lowest BCUT2D eigenvalue weighted by Crippen LogP contribution is -2.36. The molecule has 0 atom stereocenters. The van der Waals surface area contributed by atoms with Gasteiger partial charge in [0.15, 0.2) is 5.96 Å². The summed E-state index contributed by atoms with van der Waals surface area (Å²) < 4.78 is 5.51. The fourth-order valence-corrected chi connectivity index (χ4v) is 2.44. The van der Waals surface area contributed by atoms with E-state index in [4.69, 9.17) is 4.74 Å². The summed E-state index contributed by atoms with van der Waals surface area (Å²) in [5.41, 5.74) is 2.72. The highest BCUT2D eigenvalue weighted by Gasteiger charge is 2.13. The predicted octanol–water partition coefficient (Wildman–Crippen LogP) is 1.67. The van der Waals surface area contributed by atoms with E-state index in [1.165, 1.54) is 11.1 Å². The lowest BCUT2D eigenvalue weighted by atomic mass is 10.1. The Balaban J connectivity index is 0.00000133. The van der Waals surface area contributed by atoms with E-state index in [2.05, 4.69) is 40.5 Å². The SMILES string of the molecule is CN1CCN=C1NCCc1ccc2c(c1)CCO2.I. The zero-order chi connectivity index (χ0) is 12.4.